The molecule has 0 amide bonds. The van der Waals surface area contributed by atoms with E-state index in [4.69, 9.17) is 0 Å². The lowest BCUT2D eigenvalue weighted by Crippen LogP contribution is -1.82. The molecule has 0 fully saturated rings. The Morgan fingerprint density at radius 2 is 2.38 bits per heavy atom. The SMILES string of the molecule is C=C(CC)CN=CC. The van der Waals surface area contributed by atoms with Crippen molar-refractivity contribution in [3.63, 3.8) is 0 Å². The molecule has 0 bridgehead atoms. The van der Waals surface area contributed by atoms with Crippen molar-refractivity contribution in [2.75, 3.05) is 6.54 Å². The Morgan fingerprint density at radius 3 is 2.75 bits per heavy atom. The summed E-state index contributed by atoms with van der Waals surface area (Å²) in [7, 11) is 0. The molecule has 0 saturated carbocycles. The molecule has 8 heavy (non-hydrogen) atoms. The fourth-order valence-corrected chi connectivity index (χ4v) is 0.332. The molecule has 0 atom stereocenters. The van der Waals surface area contributed by atoms with Gasteiger partial charge in [0.25, 0.3) is 0 Å². The van der Waals surface area contributed by atoms with Crippen molar-refractivity contribution in [2.24, 2.45) is 4.99 Å². The van der Waals surface area contributed by atoms with Crippen LogP contribution in [-0.2, 0) is 0 Å². The minimum absolute atomic E-state index is 0.799. The molecule has 0 N–H and O–H groups in total. The van der Waals surface area contributed by atoms with E-state index in [0.717, 1.165) is 13.0 Å². The molecular formula is C7H13N. The summed E-state index contributed by atoms with van der Waals surface area (Å²) in [5.74, 6) is 0. The van der Waals surface area contributed by atoms with Crippen molar-refractivity contribution in [1.29, 1.82) is 0 Å². The van der Waals surface area contributed by atoms with Crippen LogP contribution in [-0.4, -0.2) is 12.8 Å². The summed E-state index contributed by atoms with van der Waals surface area (Å²) in [6.45, 7) is 8.61. The van der Waals surface area contributed by atoms with Crippen LogP contribution in [0.25, 0.3) is 0 Å². The van der Waals surface area contributed by atoms with Gasteiger partial charge in [0.1, 0.15) is 0 Å². The van der Waals surface area contributed by atoms with Gasteiger partial charge in [0.05, 0.1) is 6.54 Å². The summed E-state index contributed by atoms with van der Waals surface area (Å²) in [5, 5.41) is 0. The average Bonchev–Trinajstić information content (AvgIpc) is 1.83. The van der Waals surface area contributed by atoms with E-state index in [1.165, 1.54) is 5.57 Å². The molecule has 0 unspecified atom stereocenters. The summed E-state index contributed by atoms with van der Waals surface area (Å²) in [6, 6.07) is 0. The highest BCUT2D eigenvalue weighted by Gasteiger charge is 1.82. The van der Waals surface area contributed by atoms with E-state index in [-0.39, 0.29) is 0 Å². The van der Waals surface area contributed by atoms with Gasteiger partial charge in [0.2, 0.25) is 0 Å². The van der Waals surface area contributed by atoms with Gasteiger partial charge in [-0.3, -0.25) is 4.99 Å². The van der Waals surface area contributed by atoms with Crippen molar-refractivity contribution in [2.45, 2.75) is 20.3 Å². The fraction of sp³-hybridized carbons (Fsp3) is 0.571. The zero-order valence-electron chi connectivity index (χ0n) is 5.65. The number of nitrogens with zero attached hydrogens (tertiary/aromatic N) is 1. The van der Waals surface area contributed by atoms with E-state index >= 15 is 0 Å². The molecule has 0 aliphatic heterocycles. The third-order valence-corrected chi connectivity index (χ3v) is 0.997. The Morgan fingerprint density at radius 1 is 1.75 bits per heavy atom. The predicted octanol–water partition coefficient (Wildman–Crippen LogP) is 2.04. The second-order valence-electron chi connectivity index (χ2n) is 1.70. The first kappa shape index (κ1) is 7.41. The first-order valence-electron chi connectivity index (χ1n) is 2.92. The highest BCUT2D eigenvalue weighted by molar-refractivity contribution is 5.53. The van der Waals surface area contributed by atoms with Gasteiger partial charge in [-0.25, -0.2) is 0 Å². The predicted molar refractivity (Wildman–Crippen MR) is 38.5 cm³/mol. The fourth-order valence-electron chi connectivity index (χ4n) is 0.332. The Bertz CT molecular complexity index is 92.6. The van der Waals surface area contributed by atoms with E-state index in [1.54, 1.807) is 6.21 Å². The van der Waals surface area contributed by atoms with Gasteiger partial charge in [-0.1, -0.05) is 19.1 Å². The quantitative estimate of drug-likeness (QED) is 0.390. The van der Waals surface area contributed by atoms with E-state index in [1.807, 2.05) is 6.92 Å². The van der Waals surface area contributed by atoms with Gasteiger partial charge in [-0.15, -0.1) is 0 Å². The average molecular weight is 111 g/mol. The molecule has 0 aromatic carbocycles. The smallest absolute Gasteiger partial charge is 0.0592 e. The van der Waals surface area contributed by atoms with E-state index < -0.39 is 0 Å². The maximum atomic E-state index is 4.02. The molecule has 0 spiro atoms. The molecule has 0 aromatic rings. The molecule has 1 nitrogen and oxygen atoms in total. The summed E-state index contributed by atoms with van der Waals surface area (Å²) >= 11 is 0. The van der Waals surface area contributed by atoms with Crippen LogP contribution in [0.15, 0.2) is 17.1 Å². The largest absolute Gasteiger partial charge is 0.293 e. The third-order valence-electron chi connectivity index (χ3n) is 0.997. The second kappa shape index (κ2) is 4.57. The highest BCUT2D eigenvalue weighted by atomic mass is 14.7. The monoisotopic (exact) mass is 111 g/mol. The van der Waals surface area contributed by atoms with Gasteiger partial charge in [-0.05, 0) is 19.6 Å². The molecule has 1 heteroatoms. The van der Waals surface area contributed by atoms with Crippen LogP contribution < -0.4 is 0 Å². The summed E-state index contributed by atoms with van der Waals surface area (Å²) in [6.07, 6.45) is 2.85. The van der Waals surface area contributed by atoms with Crippen molar-refractivity contribution >= 4 is 6.21 Å². The van der Waals surface area contributed by atoms with Crippen LogP contribution in [0, 0.1) is 0 Å². The molecule has 0 aliphatic rings. The summed E-state index contributed by atoms with van der Waals surface area (Å²) in [4.78, 5) is 4.02. The van der Waals surface area contributed by atoms with Crippen LogP contribution in [0.1, 0.15) is 20.3 Å². The van der Waals surface area contributed by atoms with Crippen LogP contribution in [0.2, 0.25) is 0 Å². The summed E-state index contributed by atoms with van der Waals surface area (Å²) in [5.41, 5.74) is 1.20. The maximum absolute atomic E-state index is 4.02. The first-order chi connectivity index (χ1) is 3.81. The van der Waals surface area contributed by atoms with Crippen molar-refractivity contribution in [3.8, 4) is 0 Å². The summed E-state index contributed by atoms with van der Waals surface area (Å²) < 4.78 is 0. The Hall–Kier alpha value is -0.590. The molecule has 46 valence electrons. The first-order valence-corrected chi connectivity index (χ1v) is 2.92. The lowest BCUT2D eigenvalue weighted by molar-refractivity contribution is 1.02. The van der Waals surface area contributed by atoms with Gasteiger partial charge >= 0.3 is 0 Å². The van der Waals surface area contributed by atoms with E-state index in [0.29, 0.717) is 0 Å². The Kier molecular flexibility index (Phi) is 4.23. The highest BCUT2D eigenvalue weighted by Crippen LogP contribution is 1.94. The Balaban J connectivity index is 3.25. The third kappa shape index (κ3) is 3.59. The van der Waals surface area contributed by atoms with E-state index in [9.17, 15) is 0 Å². The lowest BCUT2D eigenvalue weighted by atomic mass is 10.2. The molecular weight excluding hydrogens is 98.1 g/mol. The number of hydrogen-bond acceptors (Lipinski definition) is 1. The molecule has 0 aromatic heterocycles. The number of aliphatic imine (C=N–C) groups is 1. The molecule has 0 radical (unpaired) electrons. The standard InChI is InChI=1S/C7H13N/c1-4-7(3)6-8-5-2/h5H,3-4,6H2,1-2H3. The Labute approximate surface area is 51.1 Å². The maximum Gasteiger partial charge on any atom is 0.0592 e. The second-order valence-corrected chi connectivity index (χ2v) is 1.70. The topological polar surface area (TPSA) is 12.4 Å². The van der Waals surface area contributed by atoms with Crippen LogP contribution in [0.4, 0.5) is 0 Å². The molecule has 0 aliphatic carbocycles. The van der Waals surface area contributed by atoms with Gasteiger partial charge in [0.15, 0.2) is 0 Å². The number of hydrogen-bond donors (Lipinski definition) is 0. The van der Waals surface area contributed by atoms with Gasteiger partial charge in [0, 0.05) is 0 Å². The molecule has 0 saturated heterocycles. The zero-order valence-corrected chi connectivity index (χ0v) is 5.65. The van der Waals surface area contributed by atoms with Crippen molar-refractivity contribution in [3.05, 3.63) is 12.2 Å². The van der Waals surface area contributed by atoms with Crippen LogP contribution in [0.3, 0.4) is 0 Å². The van der Waals surface area contributed by atoms with Crippen LogP contribution >= 0.6 is 0 Å². The van der Waals surface area contributed by atoms with Crippen molar-refractivity contribution in [1.82, 2.24) is 0 Å². The number of rotatable bonds is 3. The minimum atomic E-state index is 0.799. The lowest BCUT2D eigenvalue weighted by Gasteiger charge is -1.92. The van der Waals surface area contributed by atoms with Crippen LogP contribution in [0.5, 0.6) is 0 Å². The van der Waals surface area contributed by atoms with E-state index in [2.05, 4.69) is 18.5 Å². The minimum Gasteiger partial charge on any atom is -0.293 e. The van der Waals surface area contributed by atoms with Gasteiger partial charge < -0.3 is 0 Å². The molecule has 0 heterocycles. The zero-order chi connectivity index (χ0) is 6.41. The van der Waals surface area contributed by atoms with Crippen molar-refractivity contribution < 1.29 is 0 Å². The molecule has 0 rings (SSSR count). The normalized spacial score (nSPS) is 10.2. The van der Waals surface area contributed by atoms with Gasteiger partial charge in [-0.2, -0.15) is 0 Å².